The molecule has 0 radical (unpaired) electrons. The van der Waals surface area contributed by atoms with Crippen molar-refractivity contribution in [1.82, 2.24) is 25.3 Å². The third kappa shape index (κ3) is 4.80. The fraction of sp³-hybridized carbons (Fsp3) is 0.875. The summed E-state index contributed by atoms with van der Waals surface area (Å²) in [5, 5.41) is 6.86. The Bertz CT molecular complexity index is 876. The van der Waals surface area contributed by atoms with Crippen LogP contribution in [0.4, 0.5) is 13.6 Å². The Hall–Kier alpha value is -1.81. The summed E-state index contributed by atoms with van der Waals surface area (Å²) in [5.41, 5.74) is -0.277. The normalized spacial score (nSPS) is 29.8. The summed E-state index contributed by atoms with van der Waals surface area (Å²) < 4.78 is 41.3. The van der Waals surface area contributed by atoms with E-state index in [-0.39, 0.29) is 17.9 Å². The predicted molar refractivity (Wildman–Crippen MR) is 121 cm³/mol. The highest BCUT2D eigenvalue weighted by Gasteiger charge is 2.50. The first-order valence-electron chi connectivity index (χ1n) is 12.8. The molecule has 0 aromatic carbocycles. The van der Waals surface area contributed by atoms with Crippen molar-refractivity contribution in [2.24, 2.45) is 0 Å². The van der Waals surface area contributed by atoms with Crippen molar-refractivity contribution < 1.29 is 22.8 Å². The van der Waals surface area contributed by atoms with Gasteiger partial charge in [0.1, 0.15) is 6.04 Å². The summed E-state index contributed by atoms with van der Waals surface area (Å²) in [7, 11) is 0. The molecule has 1 aromatic heterocycles. The summed E-state index contributed by atoms with van der Waals surface area (Å²) in [4.78, 5) is 21.5. The maximum absolute atomic E-state index is 14.9. The van der Waals surface area contributed by atoms with Crippen molar-refractivity contribution >= 4 is 6.03 Å². The molecule has 1 N–H and O–H groups in total. The van der Waals surface area contributed by atoms with Gasteiger partial charge in [-0.3, -0.25) is 4.90 Å². The number of hydrogen-bond acceptors (Lipinski definition) is 6. The number of nitrogens with zero attached hydrogens (tertiary/aromatic N) is 4. The van der Waals surface area contributed by atoms with Crippen LogP contribution in [-0.2, 0) is 10.2 Å². The van der Waals surface area contributed by atoms with E-state index in [1.54, 1.807) is 4.90 Å². The van der Waals surface area contributed by atoms with Gasteiger partial charge in [-0.05, 0) is 52.4 Å². The molecule has 0 unspecified atom stereocenters. The van der Waals surface area contributed by atoms with Gasteiger partial charge in [-0.15, -0.1) is 0 Å². The van der Waals surface area contributed by atoms with Crippen molar-refractivity contribution in [3.8, 4) is 0 Å². The average molecular weight is 482 g/mol. The van der Waals surface area contributed by atoms with Gasteiger partial charge in [0, 0.05) is 50.0 Å². The van der Waals surface area contributed by atoms with Crippen molar-refractivity contribution in [2.45, 2.75) is 107 Å². The second-order valence-corrected chi connectivity index (χ2v) is 11.2. The summed E-state index contributed by atoms with van der Waals surface area (Å²) in [5.74, 6) is -1.17. The molecule has 34 heavy (non-hydrogen) atoms. The number of rotatable bonds is 6. The van der Waals surface area contributed by atoms with E-state index in [0.29, 0.717) is 62.4 Å². The first-order valence-corrected chi connectivity index (χ1v) is 12.8. The maximum Gasteiger partial charge on any atom is 0.317 e. The number of carbonyl (C=O) groups excluding carboxylic acids is 1. The molecule has 2 aliphatic carbocycles. The molecular weight excluding hydrogens is 444 g/mol. The minimum atomic E-state index is -2.98. The van der Waals surface area contributed by atoms with E-state index >= 15 is 0 Å². The monoisotopic (exact) mass is 481 g/mol. The molecule has 2 aliphatic heterocycles. The van der Waals surface area contributed by atoms with E-state index in [4.69, 9.17) is 9.26 Å². The van der Waals surface area contributed by atoms with Gasteiger partial charge in [0.05, 0.1) is 12.2 Å². The van der Waals surface area contributed by atoms with E-state index in [9.17, 15) is 13.6 Å². The Kier molecular flexibility index (Phi) is 6.33. The molecule has 2 amide bonds. The van der Waals surface area contributed by atoms with Crippen molar-refractivity contribution in [1.29, 1.82) is 0 Å². The second-order valence-electron chi connectivity index (χ2n) is 11.2. The van der Waals surface area contributed by atoms with Gasteiger partial charge in [-0.1, -0.05) is 12.1 Å². The SMILES string of the molecule is CC(C)N1CC(O[C@H]2CCCC(F)(F)[C@@H]2NC(=O)N2CCC(C)(c3noc(C4CC4)n3)CC2)C1. The first-order chi connectivity index (χ1) is 16.1. The smallest absolute Gasteiger partial charge is 0.317 e. The standard InChI is InChI=1S/C24H37F2N5O3/c1-15(2)31-13-17(14-31)33-18-5-4-8-24(25,26)19(18)27-22(32)30-11-9-23(3,10-12-30)21-28-20(34-29-21)16-6-7-16/h15-19H,4-14H2,1-3H3,(H,27,32)/t18-,19+/m0/s1. The van der Waals surface area contributed by atoms with Crippen LogP contribution in [0.3, 0.4) is 0 Å². The number of amides is 2. The summed E-state index contributed by atoms with van der Waals surface area (Å²) in [6, 6.07) is -1.32. The zero-order valence-electron chi connectivity index (χ0n) is 20.4. The molecular formula is C24H37F2N5O3. The van der Waals surface area contributed by atoms with Crippen molar-refractivity contribution in [3.05, 3.63) is 11.7 Å². The van der Waals surface area contributed by atoms with Crippen LogP contribution >= 0.6 is 0 Å². The van der Waals surface area contributed by atoms with E-state index in [0.717, 1.165) is 25.9 Å². The highest BCUT2D eigenvalue weighted by Crippen LogP contribution is 2.41. The summed E-state index contributed by atoms with van der Waals surface area (Å²) >= 11 is 0. The number of hydrogen-bond donors (Lipinski definition) is 1. The molecule has 0 bridgehead atoms. The van der Waals surface area contributed by atoms with Crippen LogP contribution in [-0.4, -0.2) is 82.4 Å². The fourth-order valence-corrected chi connectivity index (χ4v) is 5.33. The average Bonchev–Trinajstić information content (AvgIpc) is 3.48. The Morgan fingerprint density at radius 2 is 1.88 bits per heavy atom. The van der Waals surface area contributed by atoms with Gasteiger partial charge in [0.25, 0.3) is 5.92 Å². The second kappa shape index (κ2) is 9.00. The number of likely N-dealkylation sites (tertiary alicyclic amines) is 2. The number of alkyl halides is 2. The molecule has 2 saturated carbocycles. The van der Waals surface area contributed by atoms with Gasteiger partial charge in [-0.25, -0.2) is 13.6 Å². The van der Waals surface area contributed by atoms with Gasteiger partial charge >= 0.3 is 6.03 Å². The molecule has 2 saturated heterocycles. The summed E-state index contributed by atoms with van der Waals surface area (Å²) in [6.45, 7) is 8.75. The zero-order chi connectivity index (χ0) is 24.1. The lowest BCUT2D eigenvalue weighted by Gasteiger charge is -2.46. The Balaban J connectivity index is 1.17. The Morgan fingerprint density at radius 3 is 2.53 bits per heavy atom. The number of ether oxygens (including phenoxy) is 1. The van der Waals surface area contributed by atoms with E-state index < -0.39 is 24.1 Å². The van der Waals surface area contributed by atoms with Crippen molar-refractivity contribution in [3.63, 3.8) is 0 Å². The molecule has 5 rings (SSSR count). The topological polar surface area (TPSA) is 83.7 Å². The third-order valence-electron chi connectivity index (χ3n) is 8.14. The van der Waals surface area contributed by atoms with Gasteiger partial charge in [-0.2, -0.15) is 4.98 Å². The van der Waals surface area contributed by atoms with Crippen LogP contribution in [0.25, 0.3) is 0 Å². The Morgan fingerprint density at radius 1 is 1.18 bits per heavy atom. The largest absolute Gasteiger partial charge is 0.370 e. The molecule has 4 fully saturated rings. The van der Waals surface area contributed by atoms with Gasteiger partial charge in [0.2, 0.25) is 5.89 Å². The van der Waals surface area contributed by atoms with Gasteiger partial charge in [0.15, 0.2) is 5.82 Å². The van der Waals surface area contributed by atoms with Crippen LogP contribution in [0.1, 0.15) is 83.3 Å². The maximum atomic E-state index is 14.9. The Labute approximate surface area is 199 Å². The highest BCUT2D eigenvalue weighted by molar-refractivity contribution is 5.75. The molecule has 0 spiro atoms. The van der Waals surface area contributed by atoms with Crippen molar-refractivity contribution in [2.75, 3.05) is 26.2 Å². The minimum absolute atomic E-state index is 0.0492. The lowest BCUT2D eigenvalue weighted by Crippen LogP contribution is -2.63. The number of urea groups is 1. The van der Waals surface area contributed by atoms with E-state index in [2.05, 4.69) is 41.1 Å². The van der Waals surface area contributed by atoms with Crippen LogP contribution in [0.2, 0.25) is 0 Å². The molecule has 10 heteroatoms. The fourth-order valence-electron chi connectivity index (χ4n) is 5.33. The minimum Gasteiger partial charge on any atom is -0.370 e. The molecule has 2 atom stereocenters. The number of carbonyl (C=O) groups is 1. The van der Waals surface area contributed by atoms with Crippen LogP contribution in [0.5, 0.6) is 0 Å². The van der Waals surface area contributed by atoms with Gasteiger partial charge < -0.3 is 19.5 Å². The quantitative estimate of drug-likeness (QED) is 0.668. The molecule has 1 aromatic rings. The van der Waals surface area contributed by atoms with E-state index in [1.807, 2.05) is 0 Å². The lowest BCUT2D eigenvalue weighted by molar-refractivity contribution is -0.167. The molecule has 4 aliphatic rings. The predicted octanol–water partition coefficient (Wildman–Crippen LogP) is 3.68. The number of aromatic nitrogens is 2. The molecule has 3 heterocycles. The highest BCUT2D eigenvalue weighted by atomic mass is 19.3. The number of piperidine rings is 1. The van der Waals surface area contributed by atoms with Crippen LogP contribution < -0.4 is 5.32 Å². The third-order valence-corrected chi connectivity index (χ3v) is 8.14. The summed E-state index contributed by atoms with van der Waals surface area (Å²) in [6.07, 6.45) is 3.53. The number of nitrogens with one attached hydrogen (secondary N) is 1. The number of halogens is 2. The van der Waals surface area contributed by atoms with Crippen LogP contribution in [0.15, 0.2) is 4.52 Å². The lowest BCUT2D eigenvalue weighted by atomic mass is 9.79. The van der Waals surface area contributed by atoms with Crippen LogP contribution in [0, 0.1) is 0 Å². The molecule has 190 valence electrons. The molecule has 8 nitrogen and oxygen atoms in total. The van der Waals surface area contributed by atoms with E-state index in [1.165, 1.54) is 0 Å². The first kappa shape index (κ1) is 23.9. The zero-order valence-corrected chi connectivity index (χ0v) is 20.4.